The van der Waals surface area contributed by atoms with Crippen molar-refractivity contribution in [2.75, 3.05) is 6.54 Å². The molecule has 0 fully saturated rings. The van der Waals surface area contributed by atoms with E-state index in [1.807, 2.05) is 0 Å². The summed E-state index contributed by atoms with van der Waals surface area (Å²) in [7, 11) is 0. The second-order valence-electron chi connectivity index (χ2n) is 6.71. The van der Waals surface area contributed by atoms with Gasteiger partial charge in [-0.25, -0.2) is 9.67 Å². The Morgan fingerprint density at radius 2 is 1.70 bits per heavy atom. The quantitative estimate of drug-likeness (QED) is 0.427. The average molecular weight is 425 g/mol. The predicted molar refractivity (Wildman–Crippen MR) is 107 cm³/mol. The van der Waals surface area contributed by atoms with Crippen molar-refractivity contribution in [2.45, 2.75) is 19.1 Å². The molecule has 30 heavy (non-hydrogen) atoms. The number of hydrogen-bond acceptors (Lipinski definition) is 6. The third kappa shape index (κ3) is 4.08. The van der Waals surface area contributed by atoms with Gasteiger partial charge in [0.25, 0.3) is 11.8 Å². The molecule has 3 aromatic rings. The van der Waals surface area contributed by atoms with Crippen molar-refractivity contribution in [2.24, 2.45) is 0 Å². The standard InChI is InChI=1S/C21H17ClN4O4/c22-15-7-5-14(6-8-15)18(11-25-13-23-12-24-25)30-19(27)9-10-26-20(28)16-3-1-2-4-17(16)21(26)29/h1-8,12-13,18H,9-11H2/t18-/m1/s1. The van der Waals surface area contributed by atoms with Crippen LogP contribution in [0.5, 0.6) is 0 Å². The lowest BCUT2D eigenvalue weighted by Crippen LogP contribution is -2.32. The number of nitrogens with zero attached hydrogens (tertiary/aromatic N) is 4. The minimum Gasteiger partial charge on any atom is -0.455 e. The SMILES string of the molecule is O=C(CCN1C(=O)c2ccccc2C1=O)O[C@H](Cn1cncn1)c1ccc(Cl)cc1. The molecule has 152 valence electrons. The first-order valence-electron chi connectivity index (χ1n) is 9.25. The Hall–Kier alpha value is -3.52. The molecule has 2 aromatic carbocycles. The Morgan fingerprint density at radius 1 is 1.03 bits per heavy atom. The van der Waals surface area contributed by atoms with E-state index in [0.717, 1.165) is 10.5 Å². The highest BCUT2D eigenvalue weighted by Crippen LogP contribution is 2.24. The molecule has 0 bridgehead atoms. The molecule has 8 nitrogen and oxygen atoms in total. The van der Waals surface area contributed by atoms with Crippen LogP contribution in [0.25, 0.3) is 0 Å². The summed E-state index contributed by atoms with van der Waals surface area (Å²) < 4.78 is 7.19. The molecule has 1 aliphatic rings. The van der Waals surface area contributed by atoms with E-state index in [4.69, 9.17) is 16.3 Å². The van der Waals surface area contributed by atoms with E-state index in [1.165, 1.54) is 12.7 Å². The third-order valence-electron chi connectivity index (χ3n) is 4.75. The van der Waals surface area contributed by atoms with Crippen LogP contribution in [-0.2, 0) is 16.1 Å². The average Bonchev–Trinajstić information content (AvgIpc) is 3.34. The molecule has 0 saturated heterocycles. The van der Waals surface area contributed by atoms with E-state index in [9.17, 15) is 14.4 Å². The highest BCUT2D eigenvalue weighted by atomic mass is 35.5. The van der Waals surface area contributed by atoms with Crippen molar-refractivity contribution in [3.63, 3.8) is 0 Å². The molecule has 9 heteroatoms. The first-order valence-corrected chi connectivity index (χ1v) is 9.63. The summed E-state index contributed by atoms with van der Waals surface area (Å²) in [5, 5.41) is 4.61. The number of fused-ring (bicyclic) bond motifs is 1. The number of halogens is 1. The van der Waals surface area contributed by atoms with Gasteiger partial charge >= 0.3 is 5.97 Å². The zero-order chi connectivity index (χ0) is 21.1. The molecule has 0 aliphatic carbocycles. The second kappa shape index (κ2) is 8.46. The number of aromatic nitrogens is 3. The fourth-order valence-corrected chi connectivity index (χ4v) is 3.37. The highest BCUT2D eigenvalue weighted by molar-refractivity contribution is 6.30. The van der Waals surface area contributed by atoms with Gasteiger partial charge in [0.15, 0.2) is 0 Å². The Balaban J connectivity index is 1.42. The van der Waals surface area contributed by atoms with Gasteiger partial charge in [-0.1, -0.05) is 35.9 Å². The summed E-state index contributed by atoms with van der Waals surface area (Å²) >= 11 is 5.95. The zero-order valence-corrected chi connectivity index (χ0v) is 16.5. The lowest BCUT2D eigenvalue weighted by Gasteiger charge is -2.19. The molecule has 1 aliphatic heterocycles. The van der Waals surface area contributed by atoms with E-state index in [-0.39, 0.29) is 19.5 Å². The second-order valence-corrected chi connectivity index (χ2v) is 7.14. The predicted octanol–water partition coefficient (Wildman–Crippen LogP) is 2.90. The Morgan fingerprint density at radius 3 is 2.30 bits per heavy atom. The fourth-order valence-electron chi connectivity index (χ4n) is 3.25. The van der Waals surface area contributed by atoms with Crippen molar-refractivity contribution in [1.82, 2.24) is 19.7 Å². The Bertz CT molecular complexity index is 1050. The van der Waals surface area contributed by atoms with Crippen molar-refractivity contribution in [3.8, 4) is 0 Å². The number of carbonyl (C=O) groups excluding carboxylic acids is 3. The van der Waals surface area contributed by atoms with Crippen LogP contribution in [0.15, 0.2) is 61.2 Å². The van der Waals surface area contributed by atoms with Crippen LogP contribution in [0.2, 0.25) is 5.02 Å². The van der Waals surface area contributed by atoms with Gasteiger partial charge in [0.2, 0.25) is 0 Å². The van der Waals surface area contributed by atoms with Crippen molar-refractivity contribution < 1.29 is 19.1 Å². The first kappa shape index (κ1) is 19.8. The minimum absolute atomic E-state index is 0.0537. The number of ether oxygens (including phenoxy) is 1. The number of esters is 1. The summed E-state index contributed by atoms with van der Waals surface area (Å²) in [5.74, 6) is -1.34. The van der Waals surface area contributed by atoms with E-state index in [0.29, 0.717) is 16.1 Å². The van der Waals surface area contributed by atoms with Crippen molar-refractivity contribution >= 4 is 29.4 Å². The molecule has 0 N–H and O–H groups in total. The maximum absolute atomic E-state index is 12.5. The number of amides is 2. The Kier molecular flexibility index (Phi) is 5.58. The van der Waals surface area contributed by atoms with E-state index >= 15 is 0 Å². The lowest BCUT2D eigenvalue weighted by molar-refractivity contribution is -0.150. The van der Waals surface area contributed by atoms with Gasteiger partial charge in [0, 0.05) is 11.6 Å². The van der Waals surface area contributed by atoms with Gasteiger partial charge in [-0.15, -0.1) is 0 Å². The van der Waals surface area contributed by atoms with Gasteiger partial charge in [0.1, 0.15) is 18.8 Å². The molecule has 0 unspecified atom stereocenters. The van der Waals surface area contributed by atoms with Crippen LogP contribution in [0.3, 0.4) is 0 Å². The van der Waals surface area contributed by atoms with Crippen LogP contribution < -0.4 is 0 Å². The Labute approximate surface area is 177 Å². The third-order valence-corrected chi connectivity index (χ3v) is 5.00. The molecule has 0 radical (unpaired) electrons. The molecule has 4 rings (SSSR count). The van der Waals surface area contributed by atoms with Gasteiger partial charge in [-0.3, -0.25) is 19.3 Å². The number of carbonyl (C=O) groups is 3. The fraction of sp³-hybridized carbons (Fsp3) is 0.190. The maximum atomic E-state index is 12.5. The normalized spacial score (nSPS) is 14.0. The summed E-state index contributed by atoms with van der Waals surface area (Å²) in [6, 6.07) is 13.5. The lowest BCUT2D eigenvalue weighted by atomic mass is 10.1. The molecular weight excluding hydrogens is 408 g/mol. The zero-order valence-electron chi connectivity index (χ0n) is 15.8. The molecule has 1 aromatic heterocycles. The number of rotatable bonds is 7. The van der Waals surface area contributed by atoms with Gasteiger partial charge in [-0.05, 0) is 29.8 Å². The van der Waals surface area contributed by atoms with E-state index in [1.54, 1.807) is 53.2 Å². The van der Waals surface area contributed by atoms with Crippen LogP contribution in [-0.4, -0.2) is 44.0 Å². The maximum Gasteiger partial charge on any atom is 0.308 e. The van der Waals surface area contributed by atoms with E-state index in [2.05, 4.69) is 10.1 Å². The molecule has 1 atom stereocenters. The summed E-state index contributed by atoms with van der Waals surface area (Å²) in [6.45, 7) is 0.211. The highest BCUT2D eigenvalue weighted by Gasteiger charge is 2.35. The first-order chi connectivity index (χ1) is 14.5. The van der Waals surface area contributed by atoms with Crippen LogP contribution in [0.1, 0.15) is 38.8 Å². The van der Waals surface area contributed by atoms with E-state index < -0.39 is 23.9 Å². The van der Waals surface area contributed by atoms with Crippen LogP contribution in [0.4, 0.5) is 0 Å². The van der Waals surface area contributed by atoms with Crippen molar-refractivity contribution in [1.29, 1.82) is 0 Å². The monoisotopic (exact) mass is 424 g/mol. The van der Waals surface area contributed by atoms with Gasteiger partial charge < -0.3 is 4.74 Å². The summed E-state index contributed by atoms with van der Waals surface area (Å²) in [5.41, 5.74) is 1.44. The van der Waals surface area contributed by atoms with Gasteiger partial charge in [-0.2, -0.15) is 5.10 Å². The summed E-state index contributed by atoms with van der Waals surface area (Å²) in [6.07, 6.45) is 2.17. The number of imide groups is 1. The largest absolute Gasteiger partial charge is 0.455 e. The number of benzene rings is 2. The molecule has 0 saturated carbocycles. The summed E-state index contributed by atoms with van der Waals surface area (Å²) in [4.78, 5) is 42.3. The van der Waals surface area contributed by atoms with Crippen molar-refractivity contribution in [3.05, 3.63) is 82.9 Å². The minimum atomic E-state index is -0.626. The van der Waals surface area contributed by atoms with Gasteiger partial charge in [0.05, 0.1) is 24.1 Å². The molecule has 2 amide bonds. The topological polar surface area (TPSA) is 94.4 Å². The molecule has 0 spiro atoms. The smallest absolute Gasteiger partial charge is 0.308 e. The van der Waals surface area contributed by atoms with Crippen LogP contribution in [0, 0.1) is 0 Å². The molecular formula is C21H17ClN4O4. The number of hydrogen-bond donors (Lipinski definition) is 0. The molecule has 2 heterocycles. The van der Waals surface area contributed by atoms with Crippen LogP contribution >= 0.6 is 11.6 Å².